The van der Waals surface area contributed by atoms with E-state index in [1.165, 1.54) is 66.1 Å². The highest BCUT2D eigenvalue weighted by molar-refractivity contribution is 6.21. The first-order valence-corrected chi connectivity index (χ1v) is 14.3. The van der Waals surface area contributed by atoms with Gasteiger partial charge < -0.3 is 0 Å². The number of fused-ring (bicyclic) bond motifs is 5. The standard InChI is InChI=1S/C40H29N/c1-40(2)35-22-11-10-15-28(35)33-20-12-21-34(39(33)40)36-24-23-27(25-41-36)38-31-18-8-6-16-29(31)37(26-13-4-3-5-14-26)30-17-7-9-19-32(30)38/h3-25H,1-2H3. The van der Waals surface area contributed by atoms with Crippen LogP contribution in [0.2, 0.25) is 0 Å². The largest absolute Gasteiger partial charge is 0.256 e. The minimum atomic E-state index is -0.0808. The third-order valence-electron chi connectivity index (χ3n) is 8.90. The van der Waals surface area contributed by atoms with Gasteiger partial charge in [0.15, 0.2) is 0 Å². The van der Waals surface area contributed by atoms with Crippen LogP contribution in [0.4, 0.5) is 0 Å². The van der Waals surface area contributed by atoms with E-state index in [4.69, 9.17) is 4.98 Å². The molecule has 41 heavy (non-hydrogen) atoms. The quantitative estimate of drug-likeness (QED) is 0.210. The Labute approximate surface area is 240 Å². The predicted octanol–water partition coefficient (Wildman–Crippen LogP) is 10.7. The van der Waals surface area contributed by atoms with E-state index in [9.17, 15) is 0 Å². The van der Waals surface area contributed by atoms with E-state index in [0.29, 0.717) is 0 Å². The molecule has 0 bridgehead atoms. The summed E-state index contributed by atoms with van der Waals surface area (Å²) in [7, 11) is 0. The molecule has 1 aromatic heterocycles. The fraction of sp³-hybridized carbons (Fsp3) is 0.0750. The molecule has 1 aliphatic rings. The van der Waals surface area contributed by atoms with Gasteiger partial charge >= 0.3 is 0 Å². The van der Waals surface area contributed by atoms with Crippen molar-refractivity contribution in [1.82, 2.24) is 4.98 Å². The molecule has 0 spiro atoms. The Hall–Kier alpha value is -5.01. The SMILES string of the molecule is CC1(C)c2ccccc2-c2cccc(-c3ccc(-c4c5ccccc5c(-c5ccccc5)c5ccccc45)cn3)c21. The van der Waals surface area contributed by atoms with Crippen molar-refractivity contribution in [2.75, 3.05) is 0 Å². The Morgan fingerprint density at radius 2 is 0.976 bits per heavy atom. The second kappa shape index (κ2) is 9.01. The van der Waals surface area contributed by atoms with Crippen molar-refractivity contribution in [2.24, 2.45) is 0 Å². The number of pyridine rings is 1. The maximum absolute atomic E-state index is 5.13. The zero-order chi connectivity index (χ0) is 27.6. The molecule has 0 atom stereocenters. The molecule has 0 saturated carbocycles. The van der Waals surface area contributed by atoms with Crippen LogP contribution in [0.5, 0.6) is 0 Å². The zero-order valence-corrected chi connectivity index (χ0v) is 23.2. The predicted molar refractivity (Wildman–Crippen MR) is 173 cm³/mol. The van der Waals surface area contributed by atoms with Gasteiger partial charge in [0.2, 0.25) is 0 Å². The molecular formula is C40H29N. The summed E-state index contributed by atoms with van der Waals surface area (Å²) in [6, 6.07) is 48.3. The highest BCUT2D eigenvalue weighted by atomic mass is 14.7. The number of aromatic nitrogens is 1. The fourth-order valence-corrected chi connectivity index (χ4v) is 7.12. The van der Waals surface area contributed by atoms with E-state index in [1.807, 2.05) is 0 Å². The number of benzene rings is 6. The smallest absolute Gasteiger partial charge is 0.0705 e. The Balaban J connectivity index is 1.33. The Kier molecular flexibility index (Phi) is 5.24. The van der Waals surface area contributed by atoms with Gasteiger partial charge in [-0.05, 0) is 66.6 Å². The van der Waals surface area contributed by atoms with Crippen LogP contribution in [-0.4, -0.2) is 4.98 Å². The summed E-state index contributed by atoms with van der Waals surface area (Å²) in [5, 5.41) is 5.02. The lowest BCUT2D eigenvalue weighted by Crippen LogP contribution is -2.16. The van der Waals surface area contributed by atoms with Crippen molar-refractivity contribution < 1.29 is 0 Å². The summed E-state index contributed by atoms with van der Waals surface area (Å²) >= 11 is 0. The monoisotopic (exact) mass is 523 g/mol. The molecule has 1 nitrogen and oxygen atoms in total. The molecule has 0 fully saturated rings. The van der Waals surface area contributed by atoms with Crippen LogP contribution in [0.15, 0.2) is 140 Å². The van der Waals surface area contributed by atoms with Gasteiger partial charge in [0, 0.05) is 22.7 Å². The first-order valence-electron chi connectivity index (χ1n) is 14.3. The van der Waals surface area contributed by atoms with Crippen LogP contribution in [0, 0.1) is 0 Å². The van der Waals surface area contributed by atoms with Gasteiger partial charge in [-0.25, -0.2) is 0 Å². The van der Waals surface area contributed by atoms with Crippen molar-refractivity contribution in [3.8, 4) is 44.6 Å². The van der Waals surface area contributed by atoms with Gasteiger partial charge in [-0.2, -0.15) is 0 Å². The molecule has 1 heteroatoms. The van der Waals surface area contributed by atoms with E-state index in [2.05, 4.69) is 154 Å². The van der Waals surface area contributed by atoms with Crippen molar-refractivity contribution in [3.63, 3.8) is 0 Å². The molecule has 0 aliphatic heterocycles. The second-order valence-corrected chi connectivity index (χ2v) is 11.5. The lowest BCUT2D eigenvalue weighted by Gasteiger charge is -2.24. The minimum absolute atomic E-state index is 0.0808. The van der Waals surface area contributed by atoms with E-state index in [0.717, 1.165) is 11.3 Å². The van der Waals surface area contributed by atoms with Gasteiger partial charge in [-0.1, -0.05) is 141 Å². The Bertz CT molecular complexity index is 2040. The van der Waals surface area contributed by atoms with E-state index < -0.39 is 0 Å². The Morgan fingerprint density at radius 3 is 1.61 bits per heavy atom. The zero-order valence-electron chi connectivity index (χ0n) is 23.2. The molecule has 7 aromatic rings. The summed E-state index contributed by atoms with van der Waals surface area (Å²) in [5.74, 6) is 0. The number of hydrogen-bond donors (Lipinski definition) is 0. The van der Waals surface area contributed by atoms with E-state index >= 15 is 0 Å². The van der Waals surface area contributed by atoms with Crippen molar-refractivity contribution in [2.45, 2.75) is 19.3 Å². The van der Waals surface area contributed by atoms with Crippen molar-refractivity contribution in [1.29, 1.82) is 0 Å². The summed E-state index contributed by atoms with van der Waals surface area (Å²) in [4.78, 5) is 5.13. The highest BCUT2D eigenvalue weighted by Gasteiger charge is 2.37. The van der Waals surface area contributed by atoms with Gasteiger partial charge in [0.1, 0.15) is 0 Å². The molecule has 0 radical (unpaired) electrons. The van der Waals surface area contributed by atoms with E-state index in [-0.39, 0.29) is 5.41 Å². The molecule has 0 saturated heterocycles. The maximum Gasteiger partial charge on any atom is 0.0705 e. The van der Waals surface area contributed by atoms with Crippen LogP contribution in [0.3, 0.4) is 0 Å². The molecule has 194 valence electrons. The Morgan fingerprint density at radius 1 is 0.439 bits per heavy atom. The third-order valence-corrected chi connectivity index (χ3v) is 8.90. The molecule has 1 aliphatic carbocycles. The summed E-state index contributed by atoms with van der Waals surface area (Å²) in [6.45, 7) is 4.67. The fourth-order valence-electron chi connectivity index (χ4n) is 7.12. The number of hydrogen-bond acceptors (Lipinski definition) is 1. The normalized spacial score (nSPS) is 13.3. The number of rotatable bonds is 3. The highest BCUT2D eigenvalue weighted by Crippen LogP contribution is 2.52. The van der Waals surface area contributed by atoms with Gasteiger partial charge in [0.05, 0.1) is 5.69 Å². The molecule has 6 aromatic carbocycles. The summed E-state index contributed by atoms with van der Waals surface area (Å²) in [5.41, 5.74) is 12.4. The first kappa shape index (κ1) is 23.8. The second-order valence-electron chi connectivity index (χ2n) is 11.5. The molecule has 0 amide bonds. The van der Waals surface area contributed by atoms with Gasteiger partial charge in [-0.15, -0.1) is 0 Å². The molecule has 1 heterocycles. The third kappa shape index (κ3) is 3.52. The van der Waals surface area contributed by atoms with Crippen LogP contribution in [0.25, 0.3) is 66.2 Å². The van der Waals surface area contributed by atoms with Gasteiger partial charge in [0.25, 0.3) is 0 Å². The first-order chi connectivity index (χ1) is 20.1. The molecule has 0 unspecified atom stereocenters. The van der Waals surface area contributed by atoms with Gasteiger partial charge in [-0.3, -0.25) is 4.98 Å². The topological polar surface area (TPSA) is 12.9 Å². The van der Waals surface area contributed by atoms with Crippen LogP contribution >= 0.6 is 0 Å². The average Bonchev–Trinajstić information content (AvgIpc) is 3.27. The lowest BCUT2D eigenvalue weighted by molar-refractivity contribution is 0.662. The number of nitrogens with zero attached hydrogens (tertiary/aromatic N) is 1. The van der Waals surface area contributed by atoms with Crippen LogP contribution in [0.1, 0.15) is 25.0 Å². The minimum Gasteiger partial charge on any atom is -0.256 e. The molecule has 0 N–H and O–H groups in total. The summed E-state index contributed by atoms with van der Waals surface area (Å²) < 4.78 is 0. The average molecular weight is 524 g/mol. The van der Waals surface area contributed by atoms with E-state index in [1.54, 1.807) is 0 Å². The lowest BCUT2D eigenvalue weighted by atomic mass is 9.79. The summed E-state index contributed by atoms with van der Waals surface area (Å²) in [6.07, 6.45) is 2.07. The van der Waals surface area contributed by atoms with Crippen LogP contribution in [-0.2, 0) is 5.41 Å². The van der Waals surface area contributed by atoms with Crippen molar-refractivity contribution in [3.05, 3.63) is 151 Å². The van der Waals surface area contributed by atoms with Crippen LogP contribution < -0.4 is 0 Å². The molecular weight excluding hydrogens is 494 g/mol. The molecule has 8 rings (SSSR count). The van der Waals surface area contributed by atoms with Crippen molar-refractivity contribution >= 4 is 21.5 Å². The maximum atomic E-state index is 5.13.